The molecule has 15 heavy (non-hydrogen) atoms. The van der Waals surface area contributed by atoms with E-state index in [2.05, 4.69) is 38.8 Å². The first-order valence-electron chi connectivity index (χ1n) is 5.12. The highest BCUT2D eigenvalue weighted by Crippen LogP contribution is 2.24. The van der Waals surface area contributed by atoms with Gasteiger partial charge in [0.1, 0.15) is 5.82 Å². The van der Waals surface area contributed by atoms with Crippen LogP contribution in [0.4, 0.5) is 5.82 Å². The number of halogens is 2. The number of aryl methyl sites for hydroxylation is 1. The van der Waals surface area contributed by atoms with Gasteiger partial charge in [0, 0.05) is 25.2 Å². The van der Waals surface area contributed by atoms with Crippen LogP contribution in [0.3, 0.4) is 0 Å². The largest absolute Gasteiger partial charge is 0.356 e. The third kappa shape index (κ3) is 3.65. The van der Waals surface area contributed by atoms with Gasteiger partial charge >= 0.3 is 0 Å². The van der Waals surface area contributed by atoms with Crippen LogP contribution in [0.25, 0.3) is 0 Å². The molecular weight excluding hydrogens is 275 g/mol. The quantitative estimate of drug-likeness (QED) is 0.771. The zero-order valence-corrected chi connectivity index (χ0v) is 11.5. The van der Waals surface area contributed by atoms with E-state index >= 15 is 0 Å². The summed E-state index contributed by atoms with van der Waals surface area (Å²) in [4.78, 5) is 6.67. The van der Waals surface area contributed by atoms with Gasteiger partial charge in [-0.25, -0.2) is 4.98 Å². The molecule has 0 aliphatic carbocycles. The van der Waals surface area contributed by atoms with Gasteiger partial charge in [-0.15, -0.1) is 11.6 Å². The molecule has 4 heteroatoms. The highest BCUT2D eigenvalue weighted by atomic mass is 79.9. The molecule has 0 amide bonds. The van der Waals surface area contributed by atoms with Crippen molar-refractivity contribution in [1.29, 1.82) is 0 Å². The van der Waals surface area contributed by atoms with Gasteiger partial charge in [0.05, 0.1) is 4.47 Å². The Kier molecular flexibility index (Phi) is 5.40. The van der Waals surface area contributed by atoms with Crippen LogP contribution in [0, 0.1) is 6.92 Å². The molecule has 1 aromatic heterocycles. The van der Waals surface area contributed by atoms with Crippen LogP contribution < -0.4 is 4.90 Å². The lowest BCUT2D eigenvalue weighted by atomic mass is 10.3. The molecule has 0 N–H and O–H groups in total. The average Bonchev–Trinajstić information content (AvgIpc) is 2.21. The minimum Gasteiger partial charge on any atom is -0.356 e. The molecule has 1 rings (SSSR count). The summed E-state index contributed by atoms with van der Waals surface area (Å²) in [5.74, 6) is 1.70. The molecule has 0 aromatic carbocycles. The smallest absolute Gasteiger partial charge is 0.142 e. The SMILES string of the molecule is CCN(CCCCl)c1ncc(C)cc1Br. The third-order valence-electron chi connectivity index (χ3n) is 2.20. The zero-order chi connectivity index (χ0) is 11.3. The highest BCUT2D eigenvalue weighted by molar-refractivity contribution is 9.10. The molecule has 0 spiro atoms. The van der Waals surface area contributed by atoms with E-state index in [9.17, 15) is 0 Å². The third-order valence-corrected chi connectivity index (χ3v) is 3.05. The van der Waals surface area contributed by atoms with E-state index < -0.39 is 0 Å². The highest BCUT2D eigenvalue weighted by Gasteiger charge is 2.09. The van der Waals surface area contributed by atoms with Crippen LogP contribution in [0.2, 0.25) is 0 Å². The topological polar surface area (TPSA) is 16.1 Å². The summed E-state index contributed by atoms with van der Waals surface area (Å²) in [6.45, 7) is 6.07. The summed E-state index contributed by atoms with van der Waals surface area (Å²) in [5.41, 5.74) is 1.17. The van der Waals surface area contributed by atoms with Crippen molar-refractivity contribution in [3.05, 3.63) is 22.3 Å². The Morgan fingerprint density at radius 2 is 2.27 bits per heavy atom. The first-order chi connectivity index (χ1) is 7.19. The molecule has 0 saturated heterocycles. The molecule has 0 unspecified atom stereocenters. The van der Waals surface area contributed by atoms with Gasteiger partial charge in [-0.1, -0.05) is 0 Å². The second-order valence-electron chi connectivity index (χ2n) is 3.44. The van der Waals surface area contributed by atoms with E-state index in [1.807, 2.05) is 13.1 Å². The number of rotatable bonds is 5. The van der Waals surface area contributed by atoms with E-state index in [0.29, 0.717) is 5.88 Å². The van der Waals surface area contributed by atoms with Crippen LogP contribution in [0.5, 0.6) is 0 Å². The molecule has 0 saturated carbocycles. The molecule has 0 bridgehead atoms. The Morgan fingerprint density at radius 1 is 1.53 bits per heavy atom. The average molecular weight is 292 g/mol. The van der Waals surface area contributed by atoms with Gasteiger partial charge in [0.25, 0.3) is 0 Å². The minimum atomic E-state index is 0.694. The maximum absolute atomic E-state index is 5.70. The fourth-order valence-electron chi connectivity index (χ4n) is 1.42. The van der Waals surface area contributed by atoms with Crippen molar-refractivity contribution in [2.24, 2.45) is 0 Å². The normalized spacial score (nSPS) is 10.4. The molecular formula is C11H16BrClN2. The standard InChI is InChI=1S/C11H16BrClN2/c1-3-15(6-4-5-13)11-10(12)7-9(2)8-14-11/h7-8H,3-6H2,1-2H3. The number of nitrogens with zero attached hydrogens (tertiary/aromatic N) is 2. The first kappa shape index (κ1) is 12.8. The first-order valence-corrected chi connectivity index (χ1v) is 6.44. The Hall–Kier alpha value is -0.280. The zero-order valence-electron chi connectivity index (χ0n) is 9.13. The summed E-state index contributed by atoms with van der Waals surface area (Å²) in [6, 6.07) is 2.09. The molecule has 84 valence electrons. The van der Waals surface area contributed by atoms with Gasteiger partial charge in [-0.2, -0.15) is 0 Å². The predicted octanol–water partition coefficient (Wildman–Crippen LogP) is 3.61. The molecule has 0 atom stereocenters. The van der Waals surface area contributed by atoms with E-state index in [-0.39, 0.29) is 0 Å². The summed E-state index contributed by atoms with van der Waals surface area (Å²) >= 11 is 9.24. The predicted molar refractivity (Wildman–Crippen MR) is 69.9 cm³/mol. The summed E-state index contributed by atoms with van der Waals surface area (Å²) in [6.07, 6.45) is 2.88. The van der Waals surface area contributed by atoms with E-state index in [4.69, 9.17) is 11.6 Å². The van der Waals surface area contributed by atoms with Gasteiger partial charge in [-0.05, 0) is 47.8 Å². The maximum atomic E-state index is 5.70. The lowest BCUT2D eigenvalue weighted by Crippen LogP contribution is -2.25. The molecule has 1 heterocycles. The van der Waals surface area contributed by atoms with Crippen molar-refractivity contribution in [3.63, 3.8) is 0 Å². The van der Waals surface area contributed by atoms with Crippen molar-refractivity contribution in [2.75, 3.05) is 23.9 Å². The molecule has 0 fully saturated rings. The fraction of sp³-hybridized carbons (Fsp3) is 0.545. The van der Waals surface area contributed by atoms with Crippen molar-refractivity contribution in [3.8, 4) is 0 Å². The second-order valence-corrected chi connectivity index (χ2v) is 4.67. The summed E-state index contributed by atoms with van der Waals surface area (Å²) in [7, 11) is 0. The number of pyridine rings is 1. The fourth-order valence-corrected chi connectivity index (χ4v) is 2.26. The van der Waals surface area contributed by atoms with Crippen molar-refractivity contribution in [1.82, 2.24) is 4.98 Å². The summed E-state index contributed by atoms with van der Waals surface area (Å²) < 4.78 is 1.05. The molecule has 0 aliphatic heterocycles. The van der Waals surface area contributed by atoms with Crippen LogP contribution >= 0.6 is 27.5 Å². The van der Waals surface area contributed by atoms with Crippen LogP contribution in [0.1, 0.15) is 18.9 Å². The van der Waals surface area contributed by atoms with Crippen LogP contribution in [-0.2, 0) is 0 Å². The lowest BCUT2D eigenvalue weighted by molar-refractivity contribution is 0.779. The van der Waals surface area contributed by atoms with Crippen LogP contribution in [-0.4, -0.2) is 24.0 Å². The van der Waals surface area contributed by atoms with Gasteiger partial charge in [0.15, 0.2) is 0 Å². The van der Waals surface area contributed by atoms with Gasteiger partial charge in [-0.3, -0.25) is 0 Å². The molecule has 2 nitrogen and oxygen atoms in total. The minimum absolute atomic E-state index is 0.694. The van der Waals surface area contributed by atoms with E-state index in [1.54, 1.807) is 0 Å². The Labute approximate surface area is 105 Å². The molecule has 0 aliphatic rings. The Bertz CT molecular complexity index is 317. The molecule has 1 aromatic rings. The number of hydrogen-bond donors (Lipinski definition) is 0. The van der Waals surface area contributed by atoms with Crippen molar-refractivity contribution < 1.29 is 0 Å². The van der Waals surface area contributed by atoms with Gasteiger partial charge < -0.3 is 4.90 Å². The maximum Gasteiger partial charge on any atom is 0.142 e. The van der Waals surface area contributed by atoms with Gasteiger partial charge in [0.2, 0.25) is 0 Å². The van der Waals surface area contributed by atoms with Crippen molar-refractivity contribution >= 4 is 33.3 Å². The second kappa shape index (κ2) is 6.33. The number of hydrogen-bond acceptors (Lipinski definition) is 2. The Morgan fingerprint density at radius 3 is 2.80 bits per heavy atom. The van der Waals surface area contributed by atoms with E-state index in [1.165, 1.54) is 5.56 Å². The Balaban J connectivity index is 2.81. The molecule has 0 radical (unpaired) electrons. The number of alkyl halides is 1. The van der Waals surface area contributed by atoms with Crippen molar-refractivity contribution in [2.45, 2.75) is 20.3 Å². The summed E-state index contributed by atoms with van der Waals surface area (Å²) in [5, 5.41) is 0. The number of aromatic nitrogens is 1. The number of anilines is 1. The monoisotopic (exact) mass is 290 g/mol. The lowest BCUT2D eigenvalue weighted by Gasteiger charge is -2.22. The van der Waals surface area contributed by atoms with E-state index in [0.717, 1.165) is 29.8 Å². The van der Waals surface area contributed by atoms with Crippen LogP contribution in [0.15, 0.2) is 16.7 Å².